The van der Waals surface area contributed by atoms with Crippen LogP contribution in [0.5, 0.6) is 0 Å². The van der Waals surface area contributed by atoms with Gasteiger partial charge in [-0.05, 0) is 109 Å². The number of fused-ring (bicyclic) bond motifs is 6. The van der Waals surface area contributed by atoms with Gasteiger partial charge < -0.3 is 47.4 Å². The van der Waals surface area contributed by atoms with E-state index in [9.17, 15) is 20.4 Å². The first-order valence-electron chi connectivity index (χ1n) is 35.4. The van der Waals surface area contributed by atoms with Crippen molar-refractivity contribution in [3.8, 4) is 67.5 Å². The van der Waals surface area contributed by atoms with E-state index in [1.807, 2.05) is 137 Å². The van der Waals surface area contributed by atoms with Crippen molar-refractivity contribution in [2.75, 3.05) is 64.1 Å². The Balaban J connectivity index is 0.000000116. The van der Waals surface area contributed by atoms with Gasteiger partial charge in [0.05, 0.1) is 57.0 Å². The topological polar surface area (TPSA) is 295 Å². The number of nitrogens with zero attached hydrogens (tertiary/aromatic N) is 14. The fraction of sp³-hybridized carbons (Fsp3) is 0.241. The first-order chi connectivity index (χ1) is 50.5. The van der Waals surface area contributed by atoms with E-state index < -0.39 is 16.8 Å². The largest absolute Gasteiger partial charge is 0.393 e. The number of aromatic nitrogens is 12. The maximum absolute atomic E-state index is 11.0. The molecule has 0 unspecified atom stereocenters. The number of anilines is 3. The Morgan fingerprint density at radius 1 is 0.404 bits per heavy atom. The monoisotopic (exact) mass is 1380 g/mol. The SMILES string of the molecule is CN(C)CC1(O)CC(c2nc(-c3ccc4ccc(-c5ccccc5)nc4c3)c3c(N)nccn23)C1.Nc1nccn2c(C3CC(O)(CN4CCC4)C3)nc(-c3ccc4ccc(-c5ccccc5)nc4c3)c12.Nc1nccn2c(C3CC(O)(CO)C3)nc(-c3ccc4ccc(-c5ccccc5)nc4c3)c12. The smallest absolute Gasteiger partial charge is 0.150 e. The van der Waals surface area contributed by atoms with E-state index in [2.05, 4.69) is 115 Å². The second-order valence-electron chi connectivity index (χ2n) is 29.0. The van der Waals surface area contributed by atoms with Crippen molar-refractivity contribution in [1.82, 2.24) is 67.9 Å². The lowest BCUT2D eigenvalue weighted by molar-refractivity contribution is -0.0882. The number of benzene rings is 6. The molecule has 9 aromatic heterocycles. The number of nitrogen functional groups attached to an aromatic ring is 3. The summed E-state index contributed by atoms with van der Waals surface area (Å²) in [7, 11) is 3.97. The van der Waals surface area contributed by atoms with Gasteiger partial charge in [-0.25, -0.2) is 44.9 Å². The van der Waals surface area contributed by atoms with E-state index >= 15 is 0 Å². The van der Waals surface area contributed by atoms with Crippen molar-refractivity contribution in [1.29, 1.82) is 0 Å². The highest BCUT2D eigenvalue weighted by Crippen LogP contribution is 2.49. The summed E-state index contributed by atoms with van der Waals surface area (Å²) in [4.78, 5) is 47.2. The van der Waals surface area contributed by atoms with Gasteiger partial charge in [-0.1, -0.05) is 146 Å². The highest BCUT2D eigenvalue weighted by molar-refractivity contribution is 5.94. The zero-order valence-electron chi connectivity index (χ0n) is 57.8. The fourth-order valence-electron chi connectivity index (χ4n) is 15.9. The van der Waals surface area contributed by atoms with E-state index in [1.165, 1.54) is 6.42 Å². The molecule has 4 fully saturated rings. The zero-order valence-corrected chi connectivity index (χ0v) is 57.8. The first-order valence-corrected chi connectivity index (χ1v) is 35.4. The Kier molecular flexibility index (Phi) is 16.7. The third kappa shape index (κ3) is 12.5. The third-order valence-electron chi connectivity index (χ3n) is 21.2. The van der Waals surface area contributed by atoms with Gasteiger partial charge in [0.15, 0.2) is 0 Å². The fourth-order valence-corrected chi connectivity index (χ4v) is 15.9. The number of aliphatic hydroxyl groups is 4. The van der Waals surface area contributed by atoms with Crippen LogP contribution in [0.2, 0.25) is 0 Å². The summed E-state index contributed by atoms with van der Waals surface area (Å²) >= 11 is 0. The van der Waals surface area contributed by atoms with Crippen LogP contribution >= 0.6 is 0 Å². The van der Waals surface area contributed by atoms with Crippen LogP contribution in [-0.4, -0.2) is 152 Å². The van der Waals surface area contributed by atoms with Crippen molar-refractivity contribution < 1.29 is 20.4 Å². The number of likely N-dealkylation sites (tertiary alicyclic amines) is 1. The second-order valence-corrected chi connectivity index (χ2v) is 29.0. The molecule has 21 nitrogen and oxygen atoms in total. The third-order valence-corrected chi connectivity index (χ3v) is 21.2. The minimum atomic E-state index is -1.03. The molecule has 0 radical (unpaired) electrons. The number of hydrogen-bond acceptors (Lipinski definition) is 18. The summed E-state index contributed by atoms with van der Waals surface area (Å²) < 4.78 is 6.05. The van der Waals surface area contributed by atoms with Crippen LogP contribution in [0, 0.1) is 0 Å². The van der Waals surface area contributed by atoms with Crippen LogP contribution in [0.4, 0.5) is 17.5 Å². The number of rotatable bonds is 14. The molecule has 0 amide bonds. The Bertz CT molecular complexity index is 5730. The molecule has 6 aromatic carbocycles. The van der Waals surface area contributed by atoms with Crippen LogP contribution in [0.3, 0.4) is 0 Å². The molecule has 15 aromatic rings. The average Bonchev–Trinajstić information content (AvgIpc) is 1.57. The number of nitrogens with two attached hydrogens (primary N) is 3. The molecule has 1 saturated heterocycles. The zero-order chi connectivity index (χ0) is 71.0. The van der Waals surface area contributed by atoms with E-state index in [1.54, 1.807) is 18.6 Å². The number of pyridine rings is 3. The van der Waals surface area contributed by atoms with Crippen molar-refractivity contribution in [3.63, 3.8) is 0 Å². The van der Waals surface area contributed by atoms with Crippen molar-refractivity contribution in [2.24, 2.45) is 0 Å². The van der Waals surface area contributed by atoms with Gasteiger partial charge in [0, 0.05) is 118 Å². The van der Waals surface area contributed by atoms with Crippen LogP contribution in [-0.2, 0) is 0 Å². The van der Waals surface area contributed by atoms with Crippen LogP contribution in [0.1, 0.15) is 80.2 Å². The molecule has 1 aliphatic heterocycles. The number of imidazole rings is 3. The summed E-state index contributed by atoms with van der Waals surface area (Å²) in [6, 6.07) is 61.4. The molecule has 4 aliphatic rings. The highest BCUT2D eigenvalue weighted by atomic mass is 16.3. The molecular formula is C83H79N17O4. The Morgan fingerprint density at radius 2 is 0.731 bits per heavy atom. The first kappa shape index (κ1) is 65.9. The van der Waals surface area contributed by atoms with Gasteiger partial charge in [-0.2, -0.15) is 0 Å². The summed E-state index contributed by atoms with van der Waals surface area (Å²) in [5.74, 6) is 4.34. The Labute approximate surface area is 599 Å². The molecule has 3 saturated carbocycles. The van der Waals surface area contributed by atoms with Gasteiger partial charge in [0.2, 0.25) is 0 Å². The minimum absolute atomic E-state index is 0.0356. The average molecular weight is 1380 g/mol. The molecule has 21 heteroatoms. The van der Waals surface area contributed by atoms with Crippen molar-refractivity contribution >= 4 is 66.7 Å². The molecular weight excluding hydrogens is 1300 g/mol. The lowest BCUT2D eigenvalue weighted by Crippen LogP contribution is -2.54. The molecule has 19 rings (SSSR count). The molecule has 0 atom stereocenters. The molecule has 0 bridgehead atoms. The predicted molar refractivity (Wildman–Crippen MR) is 408 cm³/mol. The van der Waals surface area contributed by atoms with E-state index in [4.69, 9.17) is 47.1 Å². The normalized spacial score (nSPS) is 20.7. The molecule has 0 spiro atoms. The molecule has 104 heavy (non-hydrogen) atoms. The van der Waals surface area contributed by atoms with Gasteiger partial charge in [0.25, 0.3) is 0 Å². The maximum atomic E-state index is 11.0. The maximum Gasteiger partial charge on any atom is 0.150 e. The van der Waals surface area contributed by atoms with Gasteiger partial charge in [-0.3, -0.25) is 13.2 Å². The molecule has 10 N–H and O–H groups in total. The van der Waals surface area contributed by atoms with Crippen LogP contribution in [0.15, 0.2) is 219 Å². The molecule has 10 heterocycles. The summed E-state index contributed by atoms with van der Waals surface area (Å²) in [5.41, 5.74) is 32.9. The Hall–Kier alpha value is -11.4. The lowest BCUT2D eigenvalue weighted by atomic mass is 9.70. The van der Waals surface area contributed by atoms with Crippen LogP contribution < -0.4 is 17.2 Å². The summed E-state index contributed by atoms with van der Waals surface area (Å²) in [5, 5.41) is 44.8. The standard InChI is InChI=1S/C29H28N6O.C28H28N6O.C26H23N5O2/c30-27-26-25(21-8-7-20-9-10-23(32-24(20)15-21)19-5-2-1-3-6-19)33-28(35(26)14-11-31-27)22-16-29(36,17-22)18-34-12-4-13-34;1-33(2)17-28(35)15-21(16-28)27-32-24(25-26(29)30-12-13-34(25)27)20-9-8-19-10-11-22(31-23(19)14-20)18-6-4-3-5-7-18;27-24-23-22(30-25(31(23)11-10-28-24)19-13-26(33,14-19)15-32)18-7-6-17-8-9-20(29-21(17)12-18)16-4-2-1-3-5-16/h1-3,5-11,14-15,22,36H,4,12-13,16-18H2,(H2,30,31);3-14,21,35H,15-17H2,1-2H3,(H2,29,30);1-12,19,32-33H,13-15H2,(H2,27,28). The van der Waals surface area contributed by atoms with E-state index in [0.29, 0.717) is 62.5 Å². The van der Waals surface area contributed by atoms with Crippen LogP contribution in [0.25, 0.3) is 117 Å². The van der Waals surface area contributed by atoms with E-state index in [-0.39, 0.29) is 24.4 Å². The number of aliphatic hydroxyl groups excluding tert-OH is 1. The van der Waals surface area contributed by atoms with E-state index in [0.717, 1.165) is 154 Å². The lowest BCUT2D eigenvalue weighted by Gasteiger charge is -2.47. The number of likely N-dealkylation sites (N-methyl/N-ethyl adjacent to an activating group) is 1. The predicted octanol–water partition coefficient (Wildman–Crippen LogP) is 12.7. The Morgan fingerprint density at radius 3 is 1.05 bits per heavy atom. The van der Waals surface area contributed by atoms with Gasteiger partial charge in [0.1, 0.15) is 68.6 Å². The quantitative estimate of drug-likeness (QED) is 0.0532. The molecule has 3 aliphatic carbocycles. The highest BCUT2D eigenvalue weighted by Gasteiger charge is 2.48. The van der Waals surface area contributed by atoms with Crippen molar-refractivity contribution in [3.05, 3.63) is 237 Å². The number of hydrogen-bond donors (Lipinski definition) is 7. The van der Waals surface area contributed by atoms with Crippen molar-refractivity contribution in [2.45, 2.75) is 79.5 Å². The van der Waals surface area contributed by atoms with Gasteiger partial charge >= 0.3 is 0 Å². The summed E-state index contributed by atoms with van der Waals surface area (Å²) in [6.07, 6.45) is 15.7. The number of β-amino-alcohol motifs (C(OH)–C–C–N with tert-alkyl or cyclic N) is 1. The minimum Gasteiger partial charge on any atom is -0.393 e. The molecule has 520 valence electrons. The summed E-state index contributed by atoms with van der Waals surface area (Å²) in [6.45, 7) is 3.33. The second kappa shape index (κ2) is 26.4. The van der Waals surface area contributed by atoms with Gasteiger partial charge in [-0.15, -0.1) is 0 Å².